The molecule has 0 radical (unpaired) electrons. The van der Waals surface area contributed by atoms with Crippen molar-refractivity contribution in [3.63, 3.8) is 0 Å². The summed E-state index contributed by atoms with van der Waals surface area (Å²) in [5.74, 6) is -2.94. The molecule has 0 aliphatic rings. The number of nitrogens with zero attached hydrogens (tertiary/aromatic N) is 3. The van der Waals surface area contributed by atoms with Crippen LogP contribution in [0.15, 0.2) is 0 Å². The third-order valence-electron chi connectivity index (χ3n) is 11.0. The van der Waals surface area contributed by atoms with E-state index in [1.807, 2.05) is 0 Å². The van der Waals surface area contributed by atoms with Gasteiger partial charge in [0, 0.05) is 45.4 Å². The fraction of sp³-hybridized carbons (Fsp3) is 0.830. The lowest BCUT2D eigenvalue weighted by Gasteiger charge is -2.21. The molecule has 1 aromatic rings. The van der Waals surface area contributed by atoms with Gasteiger partial charge in [-0.3, -0.25) is 38.3 Å². The number of ether oxygens (including phenoxy) is 4. The fourth-order valence-corrected chi connectivity index (χ4v) is 8.01. The molecule has 408 valence electrons. The molecule has 1 rings (SSSR count). The number of nitrogens with two attached hydrogens (primary N) is 1. The Morgan fingerprint density at radius 1 is 0.648 bits per heavy atom. The summed E-state index contributed by atoms with van der Waals surface area (Å²) in [5, 5.41) is 31.1. The molecule has 1 atom stereocenters. The number of ketones is 3. The van der Waals surface area contributed by atoms with E-state index in [9.17, 15) is 42.0 Å². The number of hydrogen-bond donors (Lipinski definition) is 7. The lowest BCUT2D eigenvalue weighted by atomic mass is 9.99. The van der Waals surface area contributed by atoms with Crippen molar-refractivity contribution in [1.82, 2.24) is 41.3 Å². The molecule has 0 unspecified atom stereocenters. The number of carbonyl (C=O) groups is 7. The van der Waals surface area contributed by atoms with Crippen molar-refractivity contribution in [3.8, 4) is 0 Å². The second kappa shape index (κ2) is 41.2. The monoisotopic (exact) mass is 1030 g/mol. The Labute approximate surface area is 420 Å². The summed E-state index contributed by atoms with van der Waals surface area (Å²) >= 11 is 0. The van der Waals surface area contributed by atoms with Crippen molar-refractivity contribution in [2.45, 2.75) is 173 Å². The summed E-state index contributed by atoms with van der Waals surface area (Å²) in [6.45, 7) is 4.53. The van der Waals surface area contributed by atoms with E-state index in [4.69, 9.17) is 29.8 Å². The number of rotatable bonds is 50. The van der Waals surface area contributed by atoms with Crippen LogP contribution in [-0.4, -0.2) is 165 Å². The van der Waals surface area contributed by atoms with Gasteiger partial charge < -0.3 is 45.7 Å². The number of nitrogens with one attached hydrogen (secondary N) is 5. The molecule has 0 saturated carbocycles. The zero-order valence-electron chi connectivity index (χ0n) is 42.4. The van der Waals surface area contributed by atoms with Gasteiger partial charge in [-0.2, -0.15) is 5.21 Å². The quantitative estimate of drug-likeness (QED) is 0.0364. The number of aromatic amines is 1. The molecule has 0 aliphatic carbocycles. The number of amides is 3. The Morgan fingerprint density at radius 2 is 1.23 bits per heavy atom. The first-order valence-corrected chi connectivity index (χ1v) is 27.1. The SMILES string of the molecule is CC(C)(N)C(=O)CN[C@@H](CCCCNC(=O)COCCOCCCC(=O)COCCOCCNC(=O)CCCS(=O)(=O)NC(=O)CCCCCCCCCCCCCCCc1nn[nH]n1)C(=O)CC(=O)O. The van der Waals surface area contributed by atoms with Gasteiger partial charge in [-0.25, -0.2) is 8.42 Å². The molecule has 0 fully saturated rings. The summed E-state index contributed by atoms with van der Waals surface area (Å²) in [5.41, 5.74) is 4.69. The van der Waals surface area contributed by atoms with Crippen LogP contribution in [0.5, 0.6) is 0 Å². The standard InChI is InChI=1S/C47H85N9O14S/c1-47(2,48)41(59)35-51-39(40(58)34-46(63)64)21-16-17-25-49-45(62)37-70-32-29-67-27-18-20-38(57)36-69-31-30-68-28-26-50-43(60)24-19-33-71(65,66)54-44(61)23-15-13-11-9-7-5-3-4-6-8-10-12-14-22-42-52-55-56-53-42/h39,51H,3-37,48H2,1-2H3,(H,49,62)(H,50,60)(H,54,61)(H,63,64)(H,52,53,55,56)/t39-/m0/s1. The Kier molecular flexibility index (Phi) is 37.5. The number of Topliss-reactive ketones (excluding diaryl/α,β-unsaturated/α-hetero) is 3. The van der Waals surface area contributed by atoms with Crippen molar-refractivity contribution in [2.75, 3.05) is 78.2 Å². The molecule has 1 heterocycles. The van der Waals surface area contributed by atoms with Crippen molar-refractivity contribution in [2.24, 2.45) is 5.73 Å². The van der Waals surface area contributed by atoms with Gasteiger partial charge in [0.05, 0.1) is 56.9 Å². The van der Waals surface area contributed by atoms with Gasteiger partial charge in [0.25, 0.3) is 0 Å². The topological polar surface area (TPSA) is 339 Å². The molecule has 0 bridgehead atoms. The van der Waals surface area contributed by atoms with E-state index in [0.717, 1.165) is 37.9 Å². The van der Waals surface area contributed by atoms with Gasteiger partial charge in [0.1, 0.15) is 19.6 Å². The number of H-pyrrole nitrogens is 1. The molecule has 3 amide bonds. The van der Waals surface area contributed by atoms with E-state index < -0.39 is 45.7 Å². The number of aliphatic carboxylic acids is 1. The highest BCUT2D eigenvalue weighted by Crippen LogP contribution is 2.14. The maximum absolute atomic E-state index is 12.3. The minimum absolute atomic E-state index is 0.0140. The summed E-state index contributed by atoms with van der Waals surface area (Å²) in [7, 11) is -3.82. The Morgan fingerprint density at radius 3 is 1.85 bits per heavy atom. The summed E-state index contributed by atoms with van der Waals surface area (Å²) < 4.78 is 48.2. The molecule has 1 aromatic heterocycles. The van der Waals surface area contributed by atoms with Gasteiger partial charge >= 0.3 is 5.97 Å². The van der Waals surface area contributed by atoms with Crippen LogP contribution < -0.4 is 26.4 Å². The second-order valence-electron chi connectivity index (χ2n) is 18.2. The Hall–Kier alpha value is -4.33. The first kappa shape index (κ1) is 64.7. The van der Waals surface area contributed by atoms with Crippen LogP contribution in [0.25, 0.3) is 0 Å². The minimum Gasteiger partial charge on any atom is -0.481 e. The number of hydrogen-bond acceptors (Lipinski definition) is 18. The number of carboxylic acid groups (broad SMARTS) is 1. The molecular formula is C47H85N9O14S. The summed E-state index contributed by atoms with van der Waals surface area (Å²) in [6.07, 6.45) is 17.0. The van der Waals surface area contributed by atoms with Crippen LogP contribution in [0, 0.1) is 0 Å². The number of unbranched alkanes of at least 4 members (excludes halogenated alkanes) is 13. The lowest BCUT2D eigenvalue weighted by molar-refractivity contribution is -0.141. The second-order valence-corrected chi connectivity index (χ2v) is 20.0. The largest absolute Gasteiger partial charge is 0.481 e. The van der Waals surface area contributed by atoms with Crippen molar-refractivity contribution >= 4 is 51.1 Å². The molecule has 0 spiro atoms. The van der Waals surface area contributed by atoms with Gasteiger partial charge in [-0.1, -0.05) is 75.8 Å². The molecule has 0 aromatic carbocycles. The van der Waals surface area contributed by atoms with E-state index in [-0.39, 0.29) is 121 Å². The first-order chi connectivity index (χ1) is 34.0. The van der Waals surface area contributed by atoms with E-state index >= 15 is 0 Å². The van der Waals surface area contributed by atoms with Crippen LogP contribution in [0.3, 0.4) is 0 Å². The zero-order valence-corrected chi connectivity index (χ0v) is 43.2. The summed E-state index contributed by atoms with van der Waals surface area (Å²) in [6, 6.07) is -0.823. The van der Waals surface area contributed by atoms with Crippen molar-refractivity contribution < 1.29 is 66.0 Å². The molecule has 71 heavy (non-hydrogen) atoms. The van der Waals surface area contributed by atoms with Crippen LogP contribution in [0.1, 0.15) is 161 Å². The van der Waals surface area contributed by atoms with Crippen LogP contribution in [-0.2, 0) is 69.0 Å². The Balaban J connectivity index is 1.91. The number of carboxylic acids is 1. The van der Waals surface area contributed by atoms with Gasteiger partial charge in [0.2, 0.25) is 27.7 Å². The number of carbonyl (C=O) groups excluding carboxylic acids is 6. The Bertz CT molecular complexity index is 1750. The maximum Gasteiger partial charge on any atom is 0.310 e. The number of aryl methyl sites for hydroxylation is 1. The minimum atomic E-state index is -3.82. The van der Waals surface area contributed by atoms with Gasteiger partial charge in [-0.15, -0.1) is 10.2 Å². The number of tetrazole rings is 1. The average Bonchev–Trinajstić information content (AvgIpc) is 3.83. The molecule has 23 nitrogen and oxygen atoms in total. The maximum atomic E-state index is 12.3. The predicted octanol–water partition coefficient (Wildman–Crippen LogP) is 2.56. The lowest BCUT2D eigenvalue weighted by Crippen LogP contribution is -2.49. The van der Waals surface area contributed by atoms with E-state index in [0.29, 0.717) is 38.8 Å². The van der Waals surface area contributed by atoms with Gasteiger partial charge in [-0.05, 0) is 58.8 Å². The zero-order chi connectivity index (χ0) is 52.4. The first-order valence-electron chi connectivity index (χ1n) is 25.4. The molecule has 0 aliphatic heterocycles. The van der Waals surface area contributed by atoms with E-state index in [1.165, 1.54) is 51.4 Å². The molecule has 0 saturated heterocycles. The van der Waals surface area contributed by atoms with E-state index in [2.05, 4.69) is 41.3 Å². The smallest absolute Gasteiger partial charge is 0.310 e. The van der Waals surface area contributed by atoms with E-state index in [1.54, 1.807) is 13.8 Å². The predicted molar refractivity (Wildman–Crippen MR) is 263 cm³/mol. The third-order valence-corrected chi connectivity index (χ3v) is 12.4. The van der Waals surface area contributed by atoms with Crippen LogP contribution in [0.4, 0.5) is 0 Å². The molecule has 24 heteroatoms. The molecule has 8 N–H and O–H groups in total. The average molecular weight is 1030 g/mol. The third kappa shape index (κ3) is 39.9. The van der Waals surface area contributed by atoms with Crippen LogP contribution in [0.2, 0.25) is 0 Å². The highest BCUT2D eigenvalue weighted by atomic mass is 32.2. The normalized spacial score (nSPS) is 12.1. The molecular weight excluding hydrogens is 947 g/mol. The highest BCUT2D eigenvalue weighted by Gasteiger charge is 2.26. The number of sulfonamides is 1. The van der Waals surface area contributed by atoms with Gasteiger partial charge in [0.15, 0.2) is 23.2 Å². The van der Waals surface area contributed by atoms with Crippen molar-refractivity contribution in [1.29, 1.82) is 0 Å². The van der Waals surface area contributed by atoms with Crippen LogP contribution >= 0.6 is 0 Å². The number of aromatic nitrogens is 4. The fourth-order valence-electron chi connectivity index (χ4n) is 6.93. The summed E-state index contributed by atoms with van der Waals surface area (Å²) in [4.78, 5) is 83.8. The van der Waals surface area contributed by atoms with Crippen molar-refractivity contribution in [3.05, 3.63) is 5.82 Å². The highest BCUT2D eigenvalue weighted by molar-refractivity contribution is 7.90.